The summed E-state index contributed by atoms with van der Waals surface area (Å²) < 4.78 is 4.96. The molecule has 1 heterocycles. The van der Waals surface area contributed by atoms with E-state index in [9.17, 15) is 9.59 Å². The number of carboxylic acid groups (broad SMARTS) is 1. The van der Waals surface area contributed by atoms with E-state index in [1.165, 1.54) is 37.7 Å². The van der Waals surface area contributed by atoms with Gasteiger partial charge in [0.05, 0.1) is 36.3 Å². The van der Waals surface area contributed by atoms with Gasteiger partial charge in [0, 0.05) is 0 Å². The van der Waals surface area contributed by atoms with E-state index < -0.39 is 11.9 Å². The molecule has 0 radical (unpaired) electrons. The molecule has 1 aromatic carbocycles. The van der Waals surface area contributed by atoms with E-state index in [-0.39, 0.29) is 16.8 Å². The van der Waals surface area contributed by atoms with Gasteiger partial charge in [0.1, 0.15) is 5.75 Å². The third kappa shape index (κ3) is 2.89. The van der Waals surface area contributed by atoms with E-state index in [4.69, 9.17) is 9.84 Å². The number of carboxylic acids is 1. The first kappa shape index (κ1) is 13.5. The van der Waals surface area contributed by atoms with Crippen molar-refractivity contribution in [2.75, 3.05) is 12.4 Å². The topological polar surface area (TPSA) is 101 Å². The number of carbonyl (C=O) groups excluding carboxylic acids is 1. The summed E-state index contributed by atoms with van der Waals surface area (Å²) in [6.45, 7) is 0. The Morgan fingerprint density at radius 3 is 2.65 bits per heavy atom. The lowest BCUT2D eigenvalue weighted by Gasteiger charge is -2.09. The molecule has 2 rings (SSSR count). The lowest BCUT2D eigenvalue weighted by Crippen LogP contribution is -2.15. The number of methoxy groups -OCH3 is 1. The van der Waals surface area contributed by atoms with Crippen LogP contribution in [0.2, 0.25) is 0 Å². The molecular weight excluding hydrogens is 262 g/mol. The fourth-order valence-electron chi connectivity index (χ4n) is 1.56. The van der Waals surface area contributed by atoms with Crippen molar-refractivity contribution in [1.29, 1.82) is 0 Å². The van der Waals surface area contributed by atoms with Crippen molar-refractivity contribution in [3.63, 3.8) is 0 Å². The molecule has 0 saturated heterocycles. The first-order chi connectivity index (χ1) is 9.61. The van der Waals surface area contributed by atoms with Crippen LogP contribution < -0.4 is 10.1 Å². The Morgan fingerprint density at radius 1 is 1.25 bits per heavy atom. The quantitative estimate of drug-likeness (QED) is 0.873. The van der Waals surface area contributed by atoms with Crippen molar-refractivity contribution in [1.82, 2.24) is 10.2 Å². The first-order valence-electron chi connectivity index (χ1n) is 5.61. The molecule has 0 aliphatic heterocycles. The first-order valence-corrected chi connectivity index (χ1v) is 5.61. The molecule has 0 fully saturated rings. The molecule has 1 amide bonds. The summed E-state index contributed by atoms with van der Waals surface area (Å²) in [5.41, 5.74) is 0.409. The summed E-state index contributed by atoms with van der Waals surface area (Å²) >= 11 is 0. The molecule has 0 unspecified atom stereocenters. The Bertz CT molecular complexity index is 643. The molecule has 0 atom stereocenters. The van der Waals surface area contributed by atoms with Crippen LogP contribution in [0.1, 0.15) is 20.7 Å². The summed E-state index contributed by atoms with van der Waals surface area (Å²) in [5, 5.41) is 18.8. The van der Waals surface area contributed by atoms with Crippen LogP contribution in [0.3, 0.4) is 0 Å². The minimum Gasteiger partial charge on any atom is -0.497 e. The van der Waals surface area contributed by atoms with Crippen LogP contribution in [0, 0.1) is 0 Å². The van der Waals surface area contributed by atoms with Gasteiger partial charge < -0.3 is 15.2 Å². The van der Waals surface area contributed by atoms with Crippen LogP contribution in [-0.2, 0) is 0 Å². The van der Waals surface area contributed by atoms with E-state index in [0.29, 0.717) is 5.75 Å². The summed E-state index contributed by atoms with van der Waals surface area (Å²) in [6, 6.07) is 5.84. The minimum absolute atomic E-state index is 0.0558. The molecule has 0 saturated carbocycles. The number of anilines is 1. The summed E-state index contributed by atoms with van der Waals surface area (Å²) in [5.74, 6) is -1.23. The van der Waals surface area contributed by atoms with Crippen LogP contribution in [0.25, 0.3) is 0 Å². The van der Waals surface area contributed by atoms with Gasteiger partial charge in [0.2, 0.25) is 0 Å². The highest BCUT2D eigenvalue weighted by Crippen LogP contribution is 2.22. The number of carbonyl (C=O) groups is 2. The highest BCUT2D eigenvalue weighted by atomic mass is 16.5. The number of benzene rings is 1. The molecule has 2 aromatic rings. The SMILES string of the molecule is COc1ccc(NC(=O)c2ccnnc2)c(C(=O)O)c1. The van der Waals surface area contributed by atoms with Gasteiger partial charge in [0.15, 0.2) is 0 Å². The fourth-order valence-corrected chi connectivity index (χ4v) is 1.56. The maximum atomic E-state index is 11.9. The largest absolute Gasteiger partial charge is 0.497 e. The number of aromatic carboxylic acids is 1. The zero-order chi connectivity index (χ0) is 14.5. The maximum Gasteiger partial charge on any atom is 0.337 e. The van der Waals surface area contributed by atoms with E-state index in [2.05, 4.69) is 15.5 Å². The maximum absolute atomic E-state index is 11.9. The van der Waals surface area contributed by atoms with Crippen molar-refractivity contribution in [2.45, 2.75) is 0 Å². The number of nitrogens with zero attached hydrogens (tertiary/aromatic N) is 2. The third-order valence-corrected chi connectivity index (χ3v) is 2.55. The van der Waals surface area contributed by atoms with Gasteiger partial charge in [0.25, 0.3) is 5.91 Å². The lowest BCUT2D eigenvalue weighted by atomic mass is 10.1. The van der Waals surface area contributed by atoms with Crippen molar-refractivity contribution in [3.05, 3.63) is 47.8 Å². The number of nitrogens with one attached hydrogen (secondary N) is 1. The van der Waals surface area contributed by atoms with E-state index >= 15 is 0 Å². The second-order valence-electron chi connectivity index (χ2n) is 3.80. The van der Waals surface area contributed by atoms with Gasteiger partial charge in [-0.2, -0.15) is 10.2 Å². The molecule has 0 aliphatic carbocycles. The van der Waals surface area contributed by atoms with Crippen molar-refractivity contribution in [2.24, 2.45) is 0 Å². The number of rotatable bonds is 4. The van der Waals surface area contributed by atoms with Gasteiger partial charge >= 0.3 is 5.97 Å². The smallest absolute Gasteiger partial charge is 0.337 e. The summed E-state index contributed by atoms with van der Waals surface area (Å²) in [6.07, 6.45) is 2.67. The van der Waals surface area contributed by atoms with Gasteiger partial charge in [-0.25, -0.2) is 4.79 Å². The van der Waals surface area contributed by atoms with E-state index in [1.807, 2.05) is 0 Å². The Kier molecular flexibility index (Phi) is 3.90. The molecule has 20 heavy (non-hydrogen) atoms. The van der Waals surface area contributed by atoms with Crippen molar-refractivity contribution in [3.8, 4) is 5.75 Å². The Morgan fingerprint density at radius 2 is 2.05 bits per heavy atom. The molecule has 1 aromatic heterocycles. The van der Waals surface area contributed by atoms with Crippen molar-refractivity contribution < 1.29 is 19.4 Å². The van der Waals surface area contributed by atoms with Crippen LogP contribution in [0.4, 0.5) is 5.69 Å². The average molecular weight is 273 g/mol. The second-order valence-corrected chi connectivity index (χ2v) is 3.80. The highest BCUT2D eigenvalue weighted by molar-refractivity contribution is 6.07. The van der Waals surface area contributed by atoms with E-state index in [1.54, 1.807) is 6.07 Å². The van der Waals surface area contributed by atoms with Crippen LogP contribution >= 0.6 is 0 Å². The third-order valence-electron chi connectivity index (χ3n) is 2.55. The predicted octanol–water partition coefficient (Wildman–Crippen LogP) is 1.44. The number of hydrogen-bond acceptors (Lipinski definition) is 5. The molecule has 102 valence electrons. The summed E-state index contributed by atoms with van der Waals surface area (Å²) in [4.78, 5) is 23.1. The predicted molar refractivity (Wildman–Crippen MR) is 69.9 cm³/mol. The zero-order valence-electron chi connectivity index (χ0n) is 10.5. The minimum atomic E-state index is -1.16. The van der Waals surface area contributed by atoms with E-state index in [0.717, 1.165) is 0 Å². The molecule has 7 heteroatoms. The molecule has 7 nitrogen and oxygen atoms in total. The Balaban J connectivity index is 2.29. The highest BCUT2D eigenvalue weighted by Gasteiger charge is 2.14. The van der Waals surface area contributed by atoms with Gasteiger partial charge in [-0.15, -0.1) is 0 Å². The second kappa shape index (κ2) is 5.79. The number of ether oxygens (including phenoxy) is 1. The van der Waals surface area contributed by atoms with Crippen LogP contribution in [0.5, 0.6) is 5.75 Å². The Hall–Kier alpha value is -2.96. The average Bonchev–Trinajstić information content (AvgIpc) is 2.48. The number of hydrogen-bond donors (Lipinski definition) is 2. The van der Waals surface area contributed by atoms with Gasteiger partial charge in [-0.05, 0) is 24.3 Å². The lowest BCUT2D eigenvalue weighted by molar-refractivity contribution is 0.0697. The molecule has 0 spiro atoms. The van der Waals surface area contributed by atoms with Gasteiger partial charge in [-0.1, -0.05) is 0 Å². The number of aromatic nitrogens is 2. The Labute approximate surface area is 114 Å². The standard InChI is InChI=1S/C13H11N3O4/c1-20-9-2-3-11(10(6-9)13(18)19)16-12(17)8-4-5-14-15-7-8/h2-7H,1H3,(H,16,17)(H,18,19). The monoisotopic (exact) mass is 273 g/mol. The summed E-state index contributed by atoms with van der Waals surface area (Å²) in [7, 11) is 1.43. The number of amides is 1. The van der Waals surface area contributed by atoms with Crippen LogP contribution in [0.15, 0.2) is 36.7 Å². The molecule has 2 N–H and O–H groups in total. The molecular formula is C13H11N3O4. The van der Waals surface area contributed by atoms with Crippen LogP contribution in [-0.4, -0.2) is 34.3 Å². The molecule has 0 aliphatic rings. The van der Waals surface area contributed by atoms with Gasteiger partial charge in [-0.3, -0.25) is 4.79 Å². The zero-order valence-corrected chi connectivity index (χ0v) is 10.5. The molecule has 0 bridgehead atoms. The van der Waals surface area contributed by atoms with Crippen molar-refractivity contribution >= 4 is 17.6 Å². The normalized spacial score (nSPS) is 9.85. The fraction of sp³-hybridized carbons (Fsp3) is 0.0769.